The van der Waals surface area contributed by atoms with Crippen molar-refractivity contribution >= 4 is 5.69 Å². The molecule has 0 N–H and O–H groups in total. The van der Waals surface area contributed by atoms with Crippen molar-refractivity contribution in [1.29, 1.82) is 0 Å². The van der Waals surface area contributed by atoms with Crippen LogP contribution in [-0.2, 0) is 12.8 Å². The number of hydrogen-bond donors (Lipinski definition) is 0. The van der Waals surface area contributed by atoms with Crippen molar-refractivity contribution in [3.8, 4) is 0 Å². The number of hydrogen-bond acceptors (Lipinski definition) is 1. The molecule has 21 heavy (non-hydrogen) atoms. The van der Waals surface area contributed by atoms with Gasteiger partial charge in [-0.2, -0.15) is 0 Å². The molecule has 1 heteroatoms. The normalized spacial score (nSPS) is 20.3. The summed E-state index contributed by atoms with van der Waals surface area (Å²) in [5.41, 5.74) is 9.18. The molecule has 0 aromatic heterocycles. The lowest BCUT2D eigenvalue weighted by molar-refractivity contribution is 0.719. The summed E-state index contributed by atoms with van der Waals surface area (Å²) in [4.78, 5) is 2.48. The summed E-state index contributed by atoms with van der Waals surface area (Å²) in [6.45, 7) is 3.44. The maximum atomic E-state index is 2.48. The van der Waals surface area contributed by atoms with Gasteiger partial charge in [0.15, 0.2) is 0 Å². The molecule has 0 bridgehead atoms. The Morgan fingerprint density at radius 3 is 2.76 bits per heavy atom. The van der Waals surface area contributed by atoms with Crippen molar-refractivity contribution in [2.75, 3.05) is 18.5 Å². The fourth-order valence-corrected chi connectivity index (χ4v) is 4.30. The van der Waals surface area contributed by atoms with Gasteiger partial charge in [-0.25, -0.2) is 0 Å². The molecular formula is C20H23N. The SMILES string of the molecule is Cc1cc2c(c(C3CCc4ccccc43)c1)N(C)CCC2. The summed E-state index contributed by atoms with van der Waals surface area (Å²) in [6, 6.07) is 13.9. The summed E-state index contributed by atoms with van der Waals surface area (Å²) < 4.78 is 0. The maximum Gasteiger partial charge on any atom is 0.0435 e. The van der Waals surface area contributed by atoms with Crippen molar-refractivity contribution in [2.45, 2.75) is 38.5 Å². The van der Waals surface area contributed by atoms with Gasteiger partial charge in [0.1, 0.15) is 0 Å². The van der Waals surface area contributed by atoms with E-state index in [4.69, 9.17) is 0 Å². The lowest BCUT2D eigenvalue weighted by Gasteiger charge is -2.32. The van der Waals surface area contributed by atoms with Crippen molar-refractivity contribution in [1.82, 2.24) is 0 Å². The molecule has 1 nitrogen and oxygen atoms in total. The minimum absolute atomic E-state index is 0.593. The molecule has 1 aliphatic heterocycles. The standard InChI is InChI=1S/C20H23N/c1-14-12-16-7-5-11-21(2)20(16)19(13-14)18-10-9-15-6-3-4-8-17(15)18/h3-4,6,8,12-13,18H,5,7,9-11H2,1-2H3. The van der Waals surface area contributed by atoms with E-state index in [0.29, 0.717) is 5.92 Å². The molecule has 1 unspecified atom stereocenters. The first-order chi connectivity index (χ1) is 10.2. The summed E-state index contributed by atoms with van der Waals surface area (Å²) in [5, 5.41) is 0. The monoisotopic (exact) mass is 277 g/mol. The number of rotatable bonds is 1. The highest BCUT2D eigenvalue weighted by Gasteiger charge is 2.28. The van der Waals surface area contributed by atoms with Crippen molar-refractivity contribution in [2.24, 2.45) is 0 Å². The lowest BCUT2D eigenvalue weighted by atomic mass is 9.86. The van der Waals surface area contributed by atoms with Crippen LogP contribution in [0.15, 0.2) is 36.4 Å². The summed E-state index contributed by atoms with van der Waals surface area (Å²) in [6.07, 6.45) is 5.02. The zero-order valence-electron chi connectivity index (χ0n) is 13.0. The Morgan fingerprint density at radius 1 is 1.00 bits per heavy atom. The quantitative estimate of drug-likeness (QED) is 0.744. The number of benzene rings is 2. The summed E-state index contributed by atoms with van der Waals surface area (Å²) >= 11 is 0. The molecule has 0 radical (unpaired) electrons. The van der Waals surface area contributed by atoms with Crippen LogP contribution < -0.4 is 4.90 Å². The minimum atomic E-state index is 0.593. The molecule has 4 rings (SSSR count). The van der Waals surface area contributed by atoms with E-state index in [1.807, 2.05) is 0 Å². The molecule has 2 aromatic carbocycles. The van der Waals surface area contributed by atoms with Gasteiger partial charge in [-0.15, -0.1) is 0 Å². The number of aryl methyl sites for hydroxylation is 3. The van der Waals surface area contributed by atoms with Gasteiger partial charge in [-0.1, -0.05) is 42.0 Å². The number of nitrogens with zero attached hydrogens (tertiary/aromatic N) is 1. The van der Waals surface area contributed by atoms with Crippen LogP contribution in [0.2, 0.25) is 0 Å². The van der Waals surface area contributed by atoms with Crippen molar-refractivity contribution in [3.05, 3.63) is 64.2 Å². The van der Waals surface area contributed by atoms with Gasteiger partial charge in [0.05, 0.1) is 0 Å². The van der Waals surface area contributed by atoms with Crippen LogP contribution in [0, 0.1) is 6.92 Å². The van der Waals surface area contributed by atoms with Crippen LogP contribution >= 0.6 is 0 Å². The van der Waals surface area contributed by atoms with E-state index in [2.05, 4.69) is 55.3 Å². The van der Waals surface area contributed by atoms with E-state index in [-0.39, 0.29) is 0 Å². The van der Waals surface area contributed by atoms with E-state index in [1.165, 1.54) is 43.5 Å². The zero-order valence-corrected chi connectivity index (χ0v) is 13.0. The van der Waals surface area contributed by atoms with Crippen LogP contribution in [0.25, 0.3) is 0 Å². The van der Waals surface area contributed by atoms with Gasteiger partial charge in [-0.05, 0) is 54.9 Å². The maximum absolute atomic E-state index is 2.48. The van der Waals surface area contributed by atoms with Crippen LogP contribution in [0.3, 0.4) is 0 Å². The van der Waals surface area contributed by atoms with Gasteiger partial charge in [0.25, 0.3) is 0 Å². The molecule has 108 valence electrons. The van der Waals surface area contributed by atoms with E-state index in [1.54, 1.807) is 22.3 Å². The fourth-order valence-electron chi connectivity index (χ4n) is 4.30. The molecule has 2 aromatic rings. The van der Waals surface area contributed by atoms with E-state index in [9.17, 15) is 0 Å². The van der Waals surface area contributed by atoms with Crippen molar-refractivity contribution in [3.63, 3.8) is 0 Å². The molecule has 0 saturated carbocycles. The molecule has 0 amide bonds. The predicted octanol–water partition coefficient (Wildman–Crippen LogP) is 4.46. The van der Waals surface area contributed by atoms with Gasteiger partial charge in [0.2, 0.25) is 0 Å². The van der Waals surface area contributed by atoms with Crippen LogP contribution in [-0.4, -0.2) is 13.6 Å². The first kappa shape index (κ1) is 12.9. The molecule has 0 fully saturated rings. The first-order valence-electron chi connectivity index (χ1n) is 8.16. The van der Waals surface area contributed by atoms with E-state index in [0.717, 1.165) is 0 Å². The van der Waals surface area contributed by atoms with E-state index >= 15 is 0 Å². The van der Waals surface area contributed by atoms with Gasteiger partial charge < -0.3 is 4.90 Å². The van der Waals surface area contributed by atoms with Gasteiger partial charge >= 0.3 is 0 Å². The third-order valence-electron chi connectivity index (χ3n) is 5.19. The number of anilines is 1. The number of fused-ring (bicyclic) bond motifs is 2. The van der Waals surface area contributed by atoms with Gasteiger partial charge in [-0.3, -0.25) is 0 Å². The highest BCUT2D eigenvalue weighted by Crippen LogP contribution is 2.44. The Labute approximate surface area is 127 Å². The second-order valence-corrected chi connectivity index (χ2v) is 6.68. The van der Waals surface area contributed by atoms with Gasteiger partial charge in [0, 0.05) is 25.2 Å². The van der Waals surface area contributed by atoms with Crippen LogP contribution in [0.1, 0.15) is 46.6 Å². The smallest absolute Gasteiger partial charge is 0.0435 e. The van der Waals surface area contributed by atoms with Crippen LogP contribution in [0.4, 0.5) is 5.69 Å². The highest BCUT2D eigenvalue weighted by molar-refractivity contribution is 5.65. The largest absolute Gasteiger partial charge is 0.374 e. The Bertz CT molecular complexity index is 686. The molecule has 2 aliphatic rings. The summed E-state index contributed by atoms with van der Waals surface area (Å²) in [7, 11) is 2.26. The van der Waals surface area contributed by atoms with E-state index < -0.39 is 0 Å². The first-order valence-corrected chi connectivity index (χ1v) is 8.16. The third-order valence-corrected chi connectivity index (χ3v) is 5.19. The molecule has 1 atom stereocenters. The molecule has 0 spiro atoms. The van der Waals surface area contributed by atoms with Crippen molar-refractivity contribution < 1.29 is 0 Å². The second-order valence-electron chi connectivity index (χ2n) is 6.68. The molecular weight excluding hydrogens is 254 g/mol. The minimum Gasteiger partial charge on any atom is -0.374 e. The Kier molecular flexibility index (Phi) is 3.02. The Hall–Kier alpha value is -1.76. The average Bonchev–Trinajstić information content (AvgIpc) is 2.90. The Balaban J connectivity index is 1.88. The average molecular weight is 277 g/mol. The molecule has 0 saturated heterocycles. The highest BCUT2D eigenvalue weighted by atomic mass is 15.1. The summed E-state index contributed by atoms with van der Waals surface area (Å²) in [5.74, 6) is 0.593. The second kappa shape index (κ2) is 4.91. The topological polar surface area (TPSA) is 3.24 Å². The fraction of sp³-hybridized carbons (Fsp3) is 0.400. The predicted molar refractivity (Wildman–Crippen MR) is 89.4 cm³/mol. The third kappa shape index (κ3) is 2.07. The Morgan fingerprint density at radius 2 is 1.86 bits per heavy atom. The zero-order chi connectivity index (χ0) is 14.4. The lowest BCUT2D eigenvalue weighted by Crippen LogP contribution is -2.26. The van der Waals surface area contributed by atoms with Crippen LogP contribution in [0.5, 0.6) is 0 Å². The molecule has 1 aliphatic carbocycles. The molecule has 1 heterocycles.